The summed E-state index contributed by atoms with van der Waals surface area (Å²) in [7, 11) is 0. The van der Waals surface area contributed by atoms with Crippen LogP contribution in [0.4, 0.5) is 5.69 Å². The van der Waals surface area contributed by atoms with E-state index in [0.717, 1.165) is 36.6 Å². The van der Waals surface area contributed by atoms with Crippen molar-refractivity contribution < 1.29 is 9.52 Å². The first-order valence-corrected chi connectivity index (χ1v) is 12.3. The molecule has 7 nitrogen and oxygen atoms in total. The van der Waals surface area contributed by atoms with Gasteiger partial charge in [-0.1, -0.05) is 53.3 Å². The molecule has 2 aromatic carbocycles. The van der Waals surface area contributed by atoms with Crippen molar-refractivity contribution >= 4 is 33.6 Å². The Hall–Kier alpha value is -3.33. The van der Waals surface area contributed by atoms with E-state index < -0.39 is 0 Å². The van der Waals surface area contributed by atoms with Crippen LogP contribution in [0.25, 0.3) is 16.5 Å². The molecule has 1 saturated heterocycles. The SMILES string of the molecule is Oc1c([C@H](c2ccc(Cl)cc2)N2CCN(c3ccccc3)CC2)sc2nc(-c3ccco3)nn12. The van der Waals surface area contributed by atoms with Gasteiger partial charge in [-0.2, -0.15) is 9.50 Å². The van der Waals surface area contributed by atoms with E-state index in [1.807, 2.05) is 30.3 Å². The van der Waals surface area contributed by atoms with E-state index in [2.05, 4.69) is 44.1 Å². The maximum absolute atomic E-state index is 11.2. The van der Waals surface area contributed by atoms with E-state index in [4.69, 9.17) is 16.0 Å². The van der Waals surface area contributed by atoms with Crippen molar-refractivity contribution in [1.29, 1.82) is 0 Å². The number of furan rings is 1. The summed E-state index contributed by atoms with van der Waals surface area (Å²) >= 11 is 7.63. The third kappa shape index (κ3) is 3.83. The number of aromatic hydroxyl groups is 1. The average Bonchev–Trinajstić information content (AvgIpc) is 3.61. The summed E-state index contributed by atoms with van der Waals surface area (Å²) in [5, 5.41) is 16.4. The van der Waals surface area contributed by atoms with Gasteiger partial charge in [0.2, 0.25) is 16.7 Å². The first-order valence-electron chi connectivity index (χ1n) is 11.1. The molecule has 9 heteroatoms. The second-order valence-corrected chi connectivity index (χ2v) is 9.66. The quantitative estimate of drug-likeness (QED) is 0.359. The van der Waals surface area contributed by atoms with Crippen LogP contribution in [0.5, 0.6) is 5.88 Å². The number of anilines is 1. The van der Waals surface area contributed by atoms with E-state index in [0.29, 0.717) is 21.6 Å². The number of benzene rings is 2. The normalized spacial score (nSPS) is 15.7. The van der Waals surface area contributed by atoms with Gasteiger partial charge in [0, 0.05) is 36.9 Å². The topological polar surface area (TPSA) is 70.0 Å². The van der Waals surface area contributed by atoms with Crippen LogP contribution in [0.1, 0.15) is 16.5 Å². The van der Waals surface area contributed by atoms with Gasteiger partial charge in [0.1, 0.15) is 0 Å². The van der Waals surface area contributed by atoms with Crippen LogP contribution >= 0.6 is 22.9 Å². The highest BCUT2D eigenvalue weighted by Crippen LogP contribution is 2.41. The van der Waals surface area contributed by atoms with E-state index in [9.17, 15) is 5.11 Å². The van der Waals surface area contributed by atoms with E-state index >= 15 is 0 Å². The average molecular weight is 492 g/mol. The zero-order chi connectivity index (χ0) is 23.1. The number of rotatable bonds is 5. The molecule has 0 bridgehead atoms. The van der Waals surface area contributed by atoms with Crippen molar-refractivity contribution in [1.82, 2.24) is 19.5 Å². The van der Waals surface area contributed by atoms with Crippen molar-refractivity contribution in [2.45, 2.75) is 6.04 Å². The van der Waals surface area contributed by atoms with Crippen LogP contribution in [0.2, 0.25) is 5.02 Å². The number of aromatic nitrogens is 3. The third-order valence-electron chi connectivity index (χ3n) is 6.18. The van der Waals surface area contributed by atoms with Gasteiger partial charge in [0.15, 0.2) is 5.76 Å². The molecular weight excluding hydrogens is 470 g/mol. The van der Waals surface area contributed by atoms with Gasteiger partial charge < -0.3 is 14.4 Å². The van der Waals surface area contributed by atoms with Gasteiger partial charge >= 0.3 is 0 Å². The van der Waals surface area contributed by atoms with Crippen LogP contribution in [0.15, 0.2) is 77.4 Å². The Morgan fingerprint density at radius 1 is 0.941 bits per heavy atom. The molecule has 0 aliphatic carbocycles. The molecule has 0 saturated carbocycles. The first kappa shape index (κ1) is 21.2. The highest BCUT2D eigenvalue weighted by atomic mass is 35.5. The lowest BCUT2D eigenvalue weighted by Gasteiger charge is -2.40. The molecule has 3 aromatic heterocycles. The summed E-state index contributed by atoms with van der Waals surface area (Å²) in [6.45, 7) is 3.51. The fraction of sp³-hybridized carbons (Fsp3) is 0.200. The van der Waals surface area contributed by atoms with Crippen molar-refractivity contribution in [3.05, 3.63) is 88.5 Å². The lowest BCUT2D eigenvalue weighted by Crippen LogP contribution is -2.47. The maximum Gasteiger partial charge on any atom is 0.230 e. The largest absolute Gasteiger partial charge is 0.492 e. The van der Waals surface area contributed by atoms with Crippen molar-refractivity contribution in [3.63, 3.8) is 0 Å². The lowest BCUT2D eigenvalue weighted by atomic mass is 10.0. The molecule has 0 amide bonds. The molecule has 34 heavy (non-hydrogen) atoms. The van der Waals surface area contributed by atoms with Gasteiger partial charge in [-0.3, -0.25) is 4.90 Å². The van der Waals surface area contributed by atoms with Crippen LogP contribution < -0.4 is 4.90 Å². The summed E-state index contributed by atoms with van der Waals surface area (Å²) in [5.74, 6) is 1.14. The summed E-state index contributed by atoms with van der Waals surface area (Å²) in [6.07, 6.45) is 1.58. The smallest absolute Gasteiger partial charge is 0.230 e. The van der Waals surface area contributed by atoms with Crippen LogP contribution in [-0.4, -0.2) is 50.8 Å². The zero-order valence-electron chi connectivity index (χ0n) is 18.2. The summed E-state index contributed by atoms with van der Waals surface area (Å²) in [6, 6.07) is 21.8. The Balaban J connectivity index is 1.34. The Kier molecular flexibility index (Phi) is 5.49. The monoisotopic (exact) mass is 491 g/mol. The minimum Gasteiger partial charge on any atom is -0.492 e. The molecule has 0 radical (unpaired) electrons. The Labute approximate surface area is 205 Å². The van der Waals surface area contributed by atoms with Gasteiger partial charge in [-0.05, 0) is 42.0 Å². The van der Waals surface area contributed by atoms with Crippen molar-refractivity contribution in [3.8, 4) is 17.5 Å². The second-order valence-electron chi connectivity index (χ2n) is 8.21. The van der Waals surface area contributed by atoms with Crippen LogP contribution in [0, 0.1) is 0 Å². The van der Waals surface area contributed by atoms with E-state index in [1.165, 1.54) is 21.5 Å². The fourth-order valence-electron chi connectivity index (χ4n) is 4.49. The highest BCUT2D eigenvalue weighted by Gasteiger charge is 2.32. The molecule has 1 fully saturated rings. The predicted molar refractivity (Wildman–Crippen MR) is 134 cm³/mol. The molecule has 5 aromatic rings. The number of fused-ring (bicyclic) bond motifs is 1. The molecule has 1 N–H and O–H groups in total. The number of para-hydroxylation sites is 1. The molecule has 1 atom stereocenters. The number of hydrogen-bond acceptors (Lipinski definition) is 7. The lowest BCUT2D eigenvalue weighted by molar-refractivity contribution is 0.211. The molecule has 1 aliphatic rings. The molecule has 4 heterocycles. The number of halogens is 1. The highest BCUT2D eigenvalue weighted by molar-refractivity contribution is 7.17. The summed E-state index contributed by atoms with van der Waals surface area (Å²) in [4.78, 5) is 10.8. The van der Waals surface area contributed by atoms with Gasteiger partial charge in [-0.15, -0.1) is 5.10 Å². The standard InChI is InChI=1S/C25H22ClN5O2S/c26-18-10-8-17(9-11-18)21(30-14-12-29(13-15-30)19-5-2-1-3-6-19)22-24(32)31-25(34-22)27-23(28-31)20-7-4-16-33-20/h1-11,16,21,32H,12-15H2/t21-/m0/s1. The third-order valence-corrected chi connectivity index (χ3v) is 7.50. The van der Waals surface area contributed by atoms with Crippen molar-refractivity contribution in [2.24, 2.45) is 0 Å². The number of hydrogen-bond donors (Lipinski definition) is 1. The van der Waals surface area contributed by atoms with Crippen LogP contribution in [0.3, 0.4) is 0 Å². The first-order chi connectivity index (χ1) is 16.7. The van der Waals surface area contributed by atoms with E-state index in [1.54, 1.807) is 18.4 Å². The second kappa shape index (κ2) is 8.79. The Morgan fingerprint density at radius 2 is 1.71 bits per heavy atom. The molecule has 6 rings (SSSR count). The molecule has 172 valence electrons. The predicted octanol–water partition coefficient (Wildman–Crippen LogP) is 5.32. The maximum atomic E-state index is 11.2. The summed E-state index contributed by atoms with van der Waals surface area (Å²) < 4.78 is 6.92. The zero-order valence-corrected chi connectivity index (χ0v) is 19.8. The Morgan fingerprint density at radius 3 is 2.38 bits per heavy atom. The van der Waals surface area contributed by atoms with E-state index in [-0.39, 0.29) is 11.9 Å². The van der Waals surface area contributed by atoms with Gasteiger partial charge in [0.25, 0.3) is 0 Å². The van der Waals surface area contributed by atoms with Gasteiger partial charge in [-0.25, -0.2) is 0 Å². The molecule has 0 spiro atoms. The van der Waals surface area contributed by atoms with Gasteiger partial charge in [0.05, 0.1) is 17.2 Å². The Bertz CT molecular complexity index is 1390. The number of piperazine rings is 1. The number of thiazole rings is 1. The molecular formula is C25H22ClN5O2S. The van der Waals surface area contributed by atoms with Crippen molar-refractivity contribution in [2.75, 3.05) is 31.1 Å². The summed E-state index contributed by atoms with van der Waals surface area (Å²) in [5.41, 5.74) is 2.31. The molecule has 1 aliphatic heterocycles. The molecule has 0 unspecified atom stereocenters. The minimum absolute atomic E-state index is 0.107. The minimum atomic E-state index is -0.129. The number of nitrogens with zero attached hydrogens (tertiary/aromatic N) is 5. The fourth-order valence-corrected chi connectivity index (χ4v) is 5.73. The van der Waals surface area contributed by atoms with Crippen LogP contribution in [-0.2, 0) is 0 Å².